The van der Waals surface area contributed by atoms with Crippen LogP contribution in [-0.2, 0) is 11.3 Å². The van der Waals surface area contributed by atoms with Gasteiger partial charge in [0.2, 0.25) is 5.91 Å². The van der Waals surface area contributed by atoms with E-state index in [1.807, 2.05) is 72.2 Å². The lowest BCUT2D eigenvalue weighted by Crippen LogP contribution is -2.49. The fourth-order valence-electron chi connectivity index (χ4n) is 3.86. The van der Waals surface area contributed by atoms with Gasteiger partial charge in [0.1, 0.15) is 12.1 Å². The molecule has 4 rings (SSSR count). The number of carbonyl (C=O) groups excluding carboxylic acids is 2. The second-order valence-corrected chi connectivity index (χ2v) is 7.90. The van der Waals surface area contributed by atoms with E-state index in [1.54, 1.807) is 6.07 Å². The first-order valence-corrected chi connectivity index (χ1v) is 9.15. The molecule has 2 aromatic carbocycles. The van der Waals surface area contributed by atoms with Crippen molar-refractivity contribution >= 4 is 27.6 Å². The molecule has 0 radical (unpaired) electrons. The lowest BCUT2D eigenvalue weighted by molar-refractivity contribution is -0.133. The number of rotatable bonds is 4. The highest BCUT2D eigenvalue weighted by Gasteiger charge is 2.70. The Balaban J connectivity index is 1.57. The number of benzene rings is 2. The quantitative estimate of drug-likeness (QED) is 0.584. The van der Waals surface area contributed by atoms with Crippen molar-refractivity contribution in [3.05, 3.63) is 70.2 Å². The minimum Gasteiger partial charge on any atom is -0.319 e. The van der Waals surface area contributed by atoms with Crippen molar-refractivity contribution in [3.63, 3.8) is 0 Å². The number of carbonyl (C=O) groups is 2. The van der Waals surface area contributed by atoms with Crippen LogP contribution in [0.5, 0.6) is 0 Å². The molecule has 2 aromatic rings. The largest absolute Gasteiger partial charge is 0.319 e. The van der Waals surface area contributed by atoms with Crippen molar-refractivity contribution in [3.8, 4) is 0 Å². The fourth-order valence-corrected chi connectivity index (χ4v) is 4.34. The van der Waals surface area contributed by atoms with E-state index in [9.17, 15) is 9.59 Å². The molecule has 2 aliphatic rings. The van der Waals surface area contributed by atoms with Gasteiger partial charge in [-0.1, -0.05) is 64.5 Å². The Morgan fingerprint density at radius 2 is 1.72 bits per heavy atom. The van der Waals surface area contributed by atoms with Crippen molar-refractivity contribution in [2.75, 3.05) is 0 Å². The summed E-state index contributed by atoms with van der Waals surface area (Å²) in [4.78, 5) is 29.7. The van der Waals surface area contributed by atoms with Gasteiger partial charge in [-0.25, -0.2) is 0 Å². The maximum atomic E-state index is 12.9. The summed E-state index contributed by atoms with van der Waals surface area (Å²) >= 11 is 3.44. The molecule has 3 atom stereocenters. The zero-order chi connectivity index (χ0) is 17.8. The first-order chi connectivity index (χ1) is 11.9. The topological polar surface area (TPSA) is 40.4 Å². The highest BCUT2D eigenvalue weighted by Crippen LogP contribution is 2.48. The Hall–Kier alpha value is -1.98. The molecule has 0 aliphatic carbocycles. The van der Waals surface area contributed by atoms with E-state index >= 15 is 0 Å². The van der Waals surface area contributed by atoms with Gasteiger partial charge in [-0.15, -0.1) is 0 Å². The molecule has 0 bridgehead atoms. The normalized spacial score (nSPS) is 26.4. The number of hydrogen-bond acceptors (Lipinski definition) is 3. The summed E-state index contributed by atoms with van der Waals surface area (Å²) < 4.78 is 0.776. The van der Waals surface area contributed by atoms with Crippen molar-refractivity contribution < 1.29 is 9.59 Å². The zero-order valence-corrected chi connectivity index (χ0v) is 15.7. The van der Waals surface area contributed by atoms with Crippen molar-refractivity contribution in [1.82, 2.24) is 9.80 Å². The van der Waals surface area contributed by atoms with Crippen molar-refractivity contribution in [2.45, 2.75) is 38.1 Å². The van der Waals surface area contributed by atoms with Crippen LogP contribution in [0.4, 0.5) is 0 Å². The van der Waals surface area contributed by atoms with E-state index in [1.165, 1.54) is 0 Å². The minimum absolute atomic E-state index is 0.0123. The number of amides is 1. The third kappa shape index (κ3) is 2.53. The number of fused-ring (bicyclic) bond motifs is 1. The van der Waals surface area contributed by atoms with Crippen LogP contribution in [0.25, 0.3) is 0 Å². The summed E-state index contributed by atoms with van der Waals surface area (Å²) in [6.45, 7) is 4.60. The summed E-state index contributed by atoms with van der Waals surface area (Å²) in [7, 11) is 0. The molecule has 2 aliphatic heterocycles. The Morgan fingerprint density at radius 1 is 1.08 bits per heavy atom. The molecular formula is C20H19BrN2O2. The van der Waals surface area contributed by atoms with E-state index < -0.39 is 5.66 Å². The first kappa shape index (κ1) is 16.5. The molecule has 1 unspecified atom stereocenters. The van der Waals surface area contributed by atoms with E-state index in [2.05, 4.69) is 15.9 Å². The fraction of sp³-hybridized carbons (Fsp3) is 0.300. The molecule has 2 heterocycles. The molecule has 2 saturated heterocycles. The van der Waals surface area contributed by atoms with E-state index in [0.29, 0.717) is 12.1 Å². The molecular weight excluding hydrogens is 380 g/mol. The van der Waals surface area contributed by atoms with Crippen molar-refractivity contribution in [1.29, 1.82) is 0 Å². The molecule has 0 N–H and O–H groups in total. The van der Waals surface area contributed by atoms with Gasteiger partial charge in [-0.2, -0.15) is 0 Å². The molecule has 5 heteroatoms. The Bertz CT molecular complexity index is 850. The number of Topliss-reactive ketones (excluding diaryl/α,β-unsaturated/α-hetero) is 1. The van der Waals surface area contributed by atoms with Crippen LogP contribution < -0.4 is 0 Å². The molecule has 128 valence electrons. The SMILES string of the molecule is CC1(C)N(Cc2ccccc2)C(=O)[C@@H]2[C@H](C(=O)c3ccccc3Br)N21. The van der Waals surface area contributed by atoms with Gasteiger partial charge in [0.25, 0.3) is 0 Å². The second-order valence-electron chi connectivity index (χ2n) is 7.05. The number of nitrogens with zero attached hydrogens (tertiary/aromatic N) is 2. The lowest BCUT2D eigenvalue weighted by Gasteiger charge is -2.36. The van der Waals surface area contributed by atoms with E-state index in [-0.39, 0.29) is 23.8 Å². The molecule has 2 fully saturated rings. The summed E-state index contributed by atoms with van der Waals surface area (Å²) in [6, 6.07) is 16.7. The van der Waals surface area contributed by atoms with Crippen LogP contribution in [0.2, 0.25) is 0 Å². The molecule has 25 heavy (non-hydrogen) atoms. The smallest absolute Gasteiger partial charge is 0.243 e. The van der Waals surface area contributed by atoms with Gasteiger partial charge < -0.3 is 4.90 Å². The third-order valence-electron chi connectivity index (χ3n) is 5.21. The highest BCUT2D eigenvalue weighted by atomic mass is 79.9. The average molecular weight is 399 g/mol. The Kier molecular flexibility index (Phi) is 3.81. The van der Waals surface area contributed by atoms with Gasteiger partial charge in [-0.05, 0) is 25.5 Å². The molecule has 0 spiro atoms. The summed E-state index contributed by atoms with van der Waals surface area (Å²) in [6.07, 6.45) is 0. The van der Waals surface area contributed by atoms with Crippen LogP contribution in [-0.4, -0.2) is 39.2 Å². The maximum Gasteiger partial charge on any atom is 0.243 e. The Morgan fingerprint density at radius 3 is 2.32 bits per heavy atom. The van der Waals surface area contributed by atoms with Crippen LogP contribution in [0.3, 0.4) is 0 Å². The predicted molar refractivity (Wildman–Crippen MR) is 99.0 cm³/mol. The standard InChI is InChI=1S/C20H19BrN2O2/c1-20(2)22(12-13-8-4-3-5-9-13)19(25)17-16(23(17)20)18(24)14-10-6-7-11-15(14)21/h3-11,16-17H,12H2,1-2H3/t16-,17+,23?/m1/s1. The molecule has 0 aromatic heterocycles. The van der Waals surface area contributed by atoms with Gasteiger partial charge >= 0.3 is 0 Å². The van der Waals surface area contributed by atoms with Gasteiger partial charge in [-0.3, -0.25) is 14.5 Å². The van der Waals surface area contributed by atoms with Crippen LogP contribution in [0, 0.1) is 0 Å². The monoisotopic (exact) mass is 398 g/mol. The predicted octanol–water partition coefficient (Wildman–Crippen LogP) is 3.46. The van der Waals surface area contributed by atoms with Crippen LogP contribution >= 0.6 is 15.9 Å². The van der Waals surface area contributed by atoms with Crippen LogP contribution in [0.15, 0.2) is 59.1 Å². The minimum atomic E-state index is -0.473. The van der Waals surface area contributed by atoms with Gasteiger partial charge in [0.15, 0.2) is 5.78 Å². The highest BCUT2D eigenvalue weighted by molar-refractivity contribution is 9.10. The maximum absolute atomic E-state index is 12.9. The van der Waals surface area contributed by atoms with Crippen molar-refractivity contribution in [2.24, 2.45) is 0 Å². The molecule has 4 nitrogen and oxygen atoms in total. The summed E-state index contributed by atoms with van der Waals surface area (Å²) in [5, 5.41) is 0. The summed E-state index contributed by atoms with van der Waals surface area (Å²) in [5.41, 5.74) is 1.26. The average Bonchev–Trinajstić information content (AvgIpc) is 3.32. The number of ketones is 1. The van der Waals surface area contributed by atoms with E-state index in [4.69, 9.17) is 0 Å². The molecule has 1 amide bonds. The lowest BCUT2D eigenvalue weighted by atomic mass is 10.0. The zero-order valence-electron chi connectivity index (χ0n) is 14.1. The number of hydrogen-bond donors (Lipinski definition) is 0. The first-order valence-electron chi connectivity index (χ1n) is 8.35. The second kappa shape index (κ2) is 5.78. The molecule has 0 saturated carbocycles. The number of halogens is 1. The van der Waals surface area contributed by atoms with Crippen LogP contribution in [0.1, 0.15) is 29.8 Å². The van der Waals surface area contributed by atoms with Gasteiger partial charge in [0.05, 0.1) is 5.66 Å². The summed E-state index contributed by atoms with van der Waals surface area (Å²) in [5.74, 6) is 0.0533. The Labute approximate surface area is 155 Å². The van der Waals surface area contributed by atoms with Gasteiger partial charge in [0, 0.05) is 16.6 Å². The van der Waals surface area contributed by atoms with E-state index in [0.717, 1.165) is 10.0 Å². The third-order valence-corrected chi connectivity index (χ3v) is 5.90.